The van der Waals surface area contributed by atoms with Crippen molar-refractivity contribution in [2.75, 3.05) is 11.4 Å². The fraction of sp³-hybridized carbons (Fsp3) is 0.188. The molecule has 0 spiro atoms. The van der Waals surface area contributed by atoms with Crippen LogP contribution in [0.25, 0.3) is 0 Å². The third kappa shape index (κ3) is 2.89. The van der Waals surface area contributed by atoms with E-state index in [0.29, 0.717) is 6.42 Å². The minimum absolute atomic E-state index is 0.122. The number of fused-ring (bicyclic) bond motifs is 2. The van der Waals surface area contributed by atoms with Gasteiger partial charge in [0, 0.05) is 22.8 Å². The molecule has 0 saturated heterocycles. The summed E-state index contributed by atoms with van der Waals surface area (Å²) in [5.41, 5.74) is 4.59. The molecular formula is C16H17N3OS. The van der Waals surface area contributed by atoms with Crippen molar-refractivity contribution in [3.05, 3.63) is 48.5 Å². The molecule has 2 aromatic rings. The maximum absolute atomic E-state index is 11.3. The van der Waals surface area contributed by atoms with Gasteiger partial charge >= 0.3 is 0 Å². The summed E-state index contributed by atoms with van der Waals surface area (Å²) in [6.07, 6.45) is 1.20. The summed E-state index contributed by atoms with van der Waals surface area (Å²) >= 11 is 1.79. The van der Waals surface area contributed by atoms with Gasteiger partial charge in [-0.25, -0.2) is 5.84 Å². The maximum atomic E-state index is 11.3. The van der Waals surface area contributed by atoms with Crippen molar-refractivity contribution in [1.29, 1.82) is 0 Å². The smallest absolute Gasteiger partial charge is 0.233 e. The Morgan fingerprint density at radius 1 is 1.05 bits per heavy atom. The molecule has 108 valence electrons. The molecule has 0 radical (unpaired) electrons. The molecule has 0 saturated carbocycles. The summed E-state index contributed by atoms with van der Waals surface area (Å²) in [7, 11) is 0. The predicted octanol–water partition coefficient (Wildman–Crippen LogP) is 3.06. The molecule has 5 heteroatoms. The first kappa shape index (κ1) is 14.0. The first-order valence-corrected chi connectivity index (χ1v) is 7.74. The van der Waals surface area contributed by atoms with Gasteiger partial charge in [0.2, 0.25) is 5.91 Å². The van der Waals surface area contributed by atoms with E-state index in [9.17, 15) is 4.79 Å². The lowest BCUT2D eigenvalue weighted by Crippen LogP contribution is -2.31. The number of amides is 1. The van der Waals surface area contributed by atoms with Crippen molar-refractivity contribution in [3.8, 4) is 0 Å². The van der Waals surface area contributed by atoms with Crippen molar-refractivity contribution in [2.45, 2.75) is 22.6 Å². The lowest BCUT2D eigenvalue weighted by atomic mass is 10.2. The van der Waals surface area contributed by atoms with Crippen LogP contribution >= 0.6 is 11.8 Å². The van der Waals surface area contributed by atoms with Crippen LogP contribution in [-0.4, -0.2) is 12.5 Å². The van der Waals surface area contributed by atoms with Crippen LogP contribution in [0.3, 0.4) is 0 Å². The average molecular weight is 299 g/mol. The van der Waals surface area contributed by atoms with E-state index in [1.165, 1.54) is 21.2 Å². The molecule has 1 aliphatic rings. The first-order chi connectivity index (χ1) is 10.3. The van der Waals surface area contributed by atoms with Gasteiger partial charge in [0.1, 0.15) is 0 Å². The summed E-state index contributed by atoms with van der Waals surface area (Å²) in [4.78, 5) is 16.1. The van der Waals surface area contributed by atoms with Crippen LogP contribution in [0.2, 0.25) is 0 Å². The zero-order valence-corrected chi connectivity index (χ0v) is 12.4. The highest BCUT2D eigenvalue weighted by Gasteiger charge is 2.22. The first-order valence-electron chi connectivity index (χ1n) is 6.92. The third-order valence-electron chi connectivity index (χ3n) is 3.48. The minimum Gasteiger partial charge on any atom is -0.340 e. The van der Waals surface area contributed by atoms with Crippen LogP contribution in [-0.2, 0) is 4.79 Å². The molecular weight excluding hydrogens is 282 g/mol. The van der Waals surface area contributed by atoms with Crippen LogP contribution in [0.1, 0.15) is 12.8 Å². The second-order valence-electron chi connectivity index (χ2n) is 4.86. The Morgan fingerprint density at radius 3 is 2.19 bits per heavy atom. The molecule has 4 nitrogen and oxygen atoms in total. The Morgan fingerprint density at radius 2 is 1.62 bits per heavy atom. The number of hydrazine groups is 1. The molecule has 0 unspecified atom stereocenters. The number of anilines is 2. The molecule has 0 fully saturated rings. The van der Waals surface area contributed by atoms with Gasteiger partial charge in [-0.15, -0.1) is 0 Å². The van der Waals surface area contributed by atoms with Crippen LogP contribution in [0.15, 0.2) is 58.3 Å². The standard InChI is InChI=1S/C16H17N3OS/c17-18-16(20)10-5-11-19-12-6-1-3-8-14(12)21-15-9-4-2-7-13(15)19/h1-4,6-9H,5,10-11,17H2,(H,18,20). The van der Waals surface area contributed by atoms with E-state index in [0.717, 1.165) is 13.0 Å². The number of para-hydroxylation sites is 2. The number of carbonyl (C=O) groups excluding carboxylic acids is 1. The highest BCUT2D eigenvalue weighted by Crippen LogP contribution is 2.47. The quantitative estimate of drug-likeness (QED) is 0.517. The van der Waals surface area contributed by atoms with E-state index < -0.39 is 0 Å². The number of nitrogens with one attached hydrogen (secondary N) is 1. The van der Waals surface area contributed by atoms with Gasteiger partial charge in [-0.2, -0.15) is 0 Å². The van der Waals surface area contributed by atoms with Gasteiger partial charge in [-0.05, 0) is 30.7 Å². The summed E-state index contributed by atoms with van der Waals surface area (Å²) < 4.78 is 0. The fourth-order valence-corrected chi connectivity index (χ4v) is 3.59. The van der Waals surface area contributed by atoms with Gasteiger partial charge < -0.3 is 4.90 Å². The SMILES string of the molecule is NNC(=O)CCCN1c2ccccc2Sc2ccccc21. The largest absolute Gasteiger partial charge is 0.340 e. The molecule has 1 aliphatic heterocycles. The van der Waals surface area contributed by atoms with Crippen molar-refractivity contribution >= 4 is 29.0 Å². The summed E-state index contributed by atoms with van der Waals surface area (Å²) in [5.74, 6) is 5.01. The zero-order chi connectivity index (χ0) is 14.7. The Kier molecular flexibility index (Phi) is 4.13. The average Bonchev–Trinajstić information content (AvgIpc) is 2.54. The number of benzene rings is 2. The van der Waals surface area contributed by atoms with Gasteiger partial charge in [0.15, 0.2) is 0 Å². The molecule has 1 heterocycles. The van der Waals surface area contributed by atoms with Crippen molar-refractivity contribution in [3.63, 3.8) is 0 Å². The number of carbonyl (C=O) groups is 1. The predicted molar refractivity (Wildman–Crippen MR) is 85.6 cm³/mol. The van der Waals surface area contributed by atoms with E-state index in [-0.39, 0.29) is 5.91 Å². The second-order valence-corrected chi connectivity index (χ2v) is 5.94. The van der Waals surface area contributed by atoms with E-state index in [2.05, 4.69) is 46.7 Å². The Labute approximate surface area is 128 Å². The minimum atomic E-state index is -0.122. The number of nitrogens with two attached hydrogens (primary N) is 1. The highest BCUT2D eigenvalue weighted by molar-refractivity contribution is 7.99. The van der Waals surface area contributed by atoms with E-state index in [4.69, 9.17) is 5.84 Å². The van der Waals surface area contributed by atoms with Crippen LogP contribution in [0.4, 0.5) is 11.4 Å². The van der Waals surface area contributed by atoms with Gasteiger partial charge in [0.25, 0.3) is 0 Å². The Bertz CT molecular complexity index is 614. The van der Waals surface area contributed by atoms with Crippen molar-refractivity contribution in [2.24, 2.45) is 5.84 Å². The van der Waals surface area contributed by atoms with Gasteiger partial charge in [-0.3, -0.25) is 10.2 Å². The van der Waals surface area contributed by atoms with Crippen LogP contribution in [0.5, 0.6) is 0 Å². The van der Waals surface area contributed by atoms with Gasteiger partial charge in [-0.1, -0.05) is 36.0 Å². The molecule has 0 atom stereocenters. The molecule has 0 aliphatic carbocycles. The molecule has 0 aromatic heterocycles. The van der Waals surface area contributed by atoms with E-state index >= 15 is 0 Å². The van der Waals surface area contributed by atoms with Crippen molar-refractivity contribution < 1.29 is 4.79 Å². The summed E-state index contributed by atoms with van der Waals surface area (Å²) in [6, 6.07) is 16.7. The van der Waals surface area contributed by atoms with Crippen LogP contribution in [0, 0.1) is 0 Å². The second kappa shape index (κ2) is 6.20. The topological polar surface area (TPSA) is 58.4 Å². The lowest BCUT2D eigenvalue weighted by molar-refractivity contribution is -0.121. The zero-order valence-electron chi connectivity index (χ0n) is 11.6. The fourth-order valence-electron chi connectivity index (χ4n) is 2.49. The molecule has 2 aromatic carbocycles. The van der Waals surface area contributed by atoms with E-state index in [1.807, 2.05) is 12.1 Å². The molecule has 3 N–H and O–H groups in total. The highest BCUT2D eigenvalue weighted by atomic mass is 32.2. The van der Waals surface area contributed by atoms with Gasteiger partial charge in [0.05, 0.1) is 11.4 Å². The van der Waals surface area contributed by atoms with Crippen LogP contribution < -0.4 is 16.2 Å². The van der Waals surface area contributed by atoms with E-state index in [1.54, 1.807) is 11.8 Å². The number of hydrogen-bond acceptors (Lipinski definition) is 4. The number of hydrogen-bond donors (Lipinski definition) is 2. The number of nitrogens with zero attached hydrogens (tertiary/aromatic N) is 1. The number of rotatable bonds is 4. The Hall–Kier alpha value is -1.98. The third-order valence-corrected chi connectivity index (χ3v) is 4.61. The Balaban J connectivity index is 1.86. The lowest BCUT2D eigenvalue weighted by Gasteiger charge is -2.32. The summed E-state index contributed by atoms with van der Waals surface area (Å²) in [5, 5.41) is 0. The molecule has 21 heavy (non-hydrogen) atoms. The monoisotopic (exact) mass is 299 g/mol. The molecule has 1 amide bonds. The molecule has 3 rings (SSSR count). The molecule has 0 bridgehead atoms. The summed E-state index contributed by atoms with van der Waals surface area (Å²) in [6.45, 7) is 0.794. The normalized spacial score (nSPS) is 12.5. The maximum Gasteiger partial charge on any atom is 0.233 e. The van der Waals surface area contributed by atoms with Crippen molar-refractivity contribution in [1.82, 2.24) is 5.43 Å².